The van der Waals surface area contributed by atoms with Gasteiger partial charge in [0.25, 0.3) is 10.0 Å². The SMILES string of the molecule is CCc1c(C2NCC3=C2N(COCC[Si](C)(C)C)CN3S(=O)(=O)c2ccccc2)cc(F)c(COCC[Si](C)(C)C)c1O. The highest BCUT2D eigenvalue weighted by atomic mass is 32.2. The van der Waals surface area contributed by atoms with Crippen LogP contribution in [-0.4, -0.2) is 72.0 Å². The average molecular weight is 650 g/mol. The second-order valence-corrected chi connectivity index (χ2v) is 26.9. The fourth-order valence-electron chi connectivity index (χ4n) is 5.37. The van der Waals surface area contributed by atoms with E-state index in [9.17, 15) is 13.5 Å². The summed E-state index contributed by atoms with van der Waals surface area (Å²) in [4.78, 5) is 2.13. The van der Waals surface area contributed by atoms with Crippen molar-refractivity contribution in [2.24, 2.45) is 0 Å². The largest absolute Gasteiger partial charge is 0.507 e. The summed E-state index contributed by atoms with van der Waals surface area (Å²) >= 11 is 0. The minimum atomic E-state index is -3.84. The van der Waals surface area contributed by atoms with E-state index >= 15 is 4.39 Å². The molecule has 0 radical (unpaired) electrons. The highest BCUT2D eigenvalue weighted by molar-refractivity contribution is 7.89. The number of ether oxygens (including phenoxy) is 2. The molecule has 1 unspecified atom stereocenters. The molecule has 0 spiro atoms. The number of rotatable bonds is 14. The minimum absolute atomic E-state index is 0.00161. The van der Waals surface area contributed by atoms with Crippen molar-refractivity contribution in [2.75, 3.05) is 33.2 Å². The van der Waals surface area contributed by atoms with Gasteiger partial charge in [-0.15, -0.1) is 0 Å². The van der Waals surface area contributed by atoms with Gasteiger partial charge in [0.2, 0.25) is 0 Å². The Kier molecular flexibility index (Phi) is 10.5. The van der Waals surface area contributed by atoms with Crippen molar-refractivity contribution in [3.8, 4) is 5.75 Å². The van der Waals surface area contributed by atoms with Crippen molar-refractivity contribution in [3.05, 3.63) is 70.3 Å². The van der Waals surface area contributed by atoms with E-state index in [-0.39, 0.29) is 42.8 Å². The molecular formula is C31H48FN3O5SSi2. The molecule has 2 heterocycles. The molecule has 2 aliphatic heterocycles. The summed E-state index contributed by atoms with van der Waals surface area (Å²) in [7, 11) is -6.46. The zero-order valence-electron chi connectivity index (χ0n) is 26.7. The van der Waals surface area contributed by atoms with E-state index in [1.807, 2.05) is 11.8 Å². The van der Waals surface area contributed by atoms with Crippen LogP contribution in [0, 0.1) is 5.82 Å². The van der Waals surface area contributed by atoms with Crippen molar-refractivity contribution in [1.29, 1.82) is 0 Å². The lowest BCUT2D eigenvalue weighted by molar-refractivity contribution is 0.0480. The van der Waals surface area contributed by atoms with Crippen molar-refractivity contribution in [2.45, 2.75) is 82.3 Å². The van der Waals surface area contributed by atoms with Crippen LogP contribution in [0.5, 0.6) is 5.75 Å². The van der Waals surface area contributed by atoms with Gasteiger partial charge in [-0.2, -0.15) is 0 Å². The van der Waals surface area contributed by atoms with Crippen LogP contribution in [0.3, 0.4) is 0 Å². The molecule has 2 aromatic carbocycles. The van der Waals surface area contributed by atoms with E-state index in [1.54, 1.807) is 30.3 Å². The number of aromatic hydroxyl groups is 1. The third kappa shape index (κ3) is 7.90. The summed E-state index contributed by atoms with van der Waals surface area (Å²) in [6.45, 7) is 17.2. The Morgan fingerprint density at radius 2 is 1.63 bits per heavy atom. The van der Waals surface area contributed by atoms with Gasteiger partial charge in [-0.1, -0.05) is 64.4 Å². The van der Waals surface area contributed by atoms with Crippen LogP contribution in [0.25, 0.3) is 0 Å². The molecule has 8 nitrogen and oxygen atoms in total. The molecule has 0 aromatic heterocycles. The van der Waals surface area contributed by atoms with Gasteiger partial charge in [-0.3, -0.25) is 5.32 Å². The highest BCUT2D eigenvalue weighted by Crippen LogP contribution is 2.44. The first-order valence-corrected chi connectivity index (χ1v) is 24.0. The lowest BCUT2D eigenvalue weighted by Crippen LogP contribution is -2.39. The molecular weight excluding hydrogens is 602 g/mol. The second-order valence-electron chi connectivity index (χ2n) is 13.8. The normalized spacial score (nSPS) is 17.7. The van der Waals surface area contributed by atoms with Crippen LogP contribution in [0.2, 0.25) is 51.4 Å². The lowest BCUT2D eigenvalue weighted by atomic mass is 9.93. The van der Waals surface area contributed by atoms with Crippen LogP contribution in [-0.2, 0) is 32.5 Å². The van der Waals surface area contributed by atoms with Crippen LogP contribution in [0.15, 0.2) is 52.7 Å². The van der Waals surface area contributed by atoms with Gasteiger partial charge < -0.3 is 19.5 Å². The molecule has 2 aliphatic rings. The molecule has 2 N–H and O–H groups in total. The minimum Gasteiger partial charge on any atom is -0.507 e. The third-order valence-electron chi connectivity index (χ3n) is 7.96. The van der Waals surface area contributed by atoms with Gasteiger partial charge >= 0.3 is 0 Å². The first-order chi connectivity index (χ1) is 20.1. The molecule has 43 heavy (non-hydrogen) atoms. The van der Waals surface area contributed by atoms with E-state index in [1.165, 1.54) is 10.4 Å². The fraction of sp³-hybridized carbons (Fsp3) is 0.548. The quantitative estimate of drug-likeness (QED) is 0.189. The van der Waals surface area contributed by atoms with E-state index in [0.29, 0.717) is 36.5 Å². The molecule has 0 bridgehead atoms. The number of hydrogen-bond donors (Lipinski definition) is 2. The Morgan fingerprint density at radius 1 is 1.00 bits per heavy atom. The lowest BCUT2D eigenvalue weighted by Gasteiger charge is -2.30. The van der Waals surface area contributed by atoms with Crippen molar-refractivity contribution < 1.29 is 27.4 Å². The molecule has 0 aliphatic carbocycles. The first-order valence-electron chi connectivity index (χ1n) is 15.1. The van der Waals surface area contributed by atoms with E-state index in [2.05, 4.69) is 44.6 Å². The zero-order valence-corrected chi connectivity index (χ0v) is 29.5. The van der Waals surface area contributed by atoms with Crippen molar-refractivity contribution in [1.82, 2.24) is 14.5 Å². The molecule has 238 valence electrons. The average Bonchev–Trinajstić information content (AvgIpc) is 3.51. The van der Waals surface area contributed by atoms with Crippen LogP contribution >= 0.6 is 0 Å². The number of halogens is 1. The van der Waals surface area contributed by atoms with Gasteiger partial charge in [0, 0.05) is 35.9 Å². The van der Waals surface area contributed by atoms with E-state index < -0.39 is 38.0 Å². The van der Waals surface area contributed by atoms with Crippen LogP contribution in [0.1, 0.15) is 29.7 Å². The van der Waals surface area contributed by atoms with Crippen molar-refractivity contribution >= 4 is 26.2 Å². The fourth-order valence-corrected chi connectivity index (χ4v) is 8.38. The Balaban J connectivity index is 1.67. The molecule has 1 atom stereocenters. The van der Waals surface area contributed by atoms with Crippen LogP contribution in [0.4, 0.5) is 4.39 Å². The van der Waals surface area contributed by atoms with Gasteiger partial charge in [-0.25, -0.2) is 17.1 Å². The number of benzene rings is 2. The van der Waals surface area contributed by atoms with Crippen molar-refractivity contribution in [3.63, 3.8) is 0 Å². The van der Waals surface area contributed by atoms with Gasteiger partial charge in [0.1, 0.15) is 25.0 Å². The summed E-state index contributed by atoms with van der Waals surface area (Å²) in [6.07, 6.45) is 0.475. The predicted octanol–water partition coefficient (Wildman–Crippen LogP) is 6.08. The maximum absolute atomic E-state index is 15.6. The number of phenolic OH excluding ortho intramolecular Hbond substituents is 1. The number of phenols is 1. The monoisotopic (exact) mass is 649 g/mol. The summed E-state index contributed by atoms with van der Waals surface area (Å²) < 4.78 is 56.5. The Labute approximate surface area is 259 Å². The number of nitrogens with zero attached hydrogens (tertiary/aromatic N) is 2. The number of sulfonamides is 1. The summed E-state index contributed by atoms with van der Waals surface area (Å²) in [5.41, 5.74) is 2.73. The maximum atomic E-state index is 15.6. The zero-order chi connectivity index (χ0) is 31.6. The van der Waals surface area contributed by atoms with E-state index in [0.717, 1.165) is 17.8 Å². The van der Waals surface area contributed by atoms with Crippen LogP contribution < -0.4 is 5.32 Å². The van der Waals surface area contributed by atoms with E-state index in [4.69, 9.17) is 9.47 Å². The number of nitrogens with one attached hydrogen (secondary N) is 1. The Morgan fingerprint density at radius 3 is 2.23 bits per heavy atom. The second kappa shape index (κ2) is 13.4. The molecule has 12 heteroatoms. The standard InChI is InChI=1S/C31H48FN3O5SSi2/c1-8-24-25(18-27(32)26(31(24)36)20-39-14-16-42(2,3)4)29-30-28(19-33-29)35(41(37,38)23-12-10-9-11-13-23)21-34(30)22-40-15-17-43(5,6)7/h9-13,18,29,33,36H,8,14-17,19-22H2,1-7H3. The summed E-state index contributed by atoms with van der Waals surface area (Å²) in [6, 6.07) is 11.3. The van der Waals surface area contributed by atoms with Gasteiger partial charge in [0.15, 0.2) is 0 Å². The van der Waals surface area contributed by atoms with Gasteiger partial charge in [0.05, 0.1) is 34.5 Å². The highest BCUT2D eigenvalue weighted by Gasteiger charge is 2.44. The first kappa shape index (κ1) is 33.7. The topological polar surface area (TPSA) is 91.3 Å². The predicted molar refractivity (Wildman–Crippen MR) is 174 cm³/mol. The third-order valence-corrected chi connectivity index (χ3v) is 13.1. The number of hydrogen-bond acceptors (Lipinski definition) is 7. The smallest absolute Gasteiger partial charge is 0.265 e. The Hall–Kier alpha value is -2.23. The summed E-state index contributed by atoms with van der Waals surface area (Å²) in [5.74, 6) is -0.621. The summed E-state index contributed by atoms with van der Waals surface area (Å²) in [5, 5.41) is 14.7. The molecule has 0 saturated heterocycles. The molecule has 0 saturated carbocycles. The molecule has 2 aromatic rings. The molecule has 4 rings (SSSR count). The van der Waals surface area contributed by atoms with Gasteiger partial charge in [-0.05, 0) is 47.8 Å². The molecule has 0 amide bonds. The maximum Gasteiger partial charge on any atom is 0.265 e. The molecule has 0 fully saturated rings. The Bertz CT molecular complexity index is 1430.